The van der Waals surface area contributed by atoms with Crippen LogP contribution in [-0.2, 0) is 14.6 Å². The van der Waals surface area contributed by atoms with Crippen molar-refractivity contribution in [2.24, 2.45) is 5.92 Å². The van der Waals surface area contributed by atoms with Crippen LogP contribution in [0.4, 0.5) is 0 Å². The molecule has 35 heavy (non-hydrogen) atoms. The largest absolute Gasteiger partial charge is 1.00 e. The molecule has 0 aliphatic carbocycles. The minimum Gasteiger partial charge on any atom is -0.726 e. The van der Waals surface area contributed by atoms with Crippen molar-refractivity contribution in [3.05, 3.63) is 0 Å². The molecule has 0 aromatic rings. The number of unbranched alkanes of at least 4 members (excludes halogenated alkanes) is 21. The van der Waals surface area contributed by atoms with E-state index < -0.39 is 10.4 Å². The third-order valence-corrected chi connectivity index (χ3v) is 7.55. The van der Waals surface area contributed by atoms with Gasteiger partial charge >= 0.3 is 51.4 Å². The summed E-state index contributed by atoms with van der Waals surface area (Å²) in [4.78, 5) is 0. The van der Waals surface area contributed by atoms with E-state index >= 15 is 0 Å². The first-order valence-electron chi connectivity index (χ1n) is 15.1. The van der Waals surface area contributed by atoms with E-state index in [9.17, 15) is 13.0 Å². The summed E-state index contributed by atoms with van der Waals surface area (Å²) in [5.41, 5.74) is 0. The third kappa shape index (κ3) is 33.5. The van der Waals surface area contributed by atoms with Crippen molar-refractivity contribution in [3.63, 3.8) is 0 Å². The monoisotopic (exact) mass is 542 g/mol. The van der Waals surface area contributed by atoms with E-state index in [1.807, 2.05) is 0 Å². The van der Waals surface area contributed by atoms with Gasteiger partial charge in [0.05, 0.1) is 6.61 Å². The SMILES string of the molecule is CCCCCCCCCCCCCCCCCCCCC(CCCCCCC)COS(=O)(=O)[O-].[K+]. The maximum Gasteiger partial charge on any atom is 1.00 e. The van der Waals surface area contributed by atoms with Crippen LogP contribution in [0.3, 0.4) is 0 Å². The van der Waals surface area contributed by atoms with Gasteiger partial charge in [0.15, 0.2) is 0 Å². The van der Waals surface area contributed by atoms with E-state index in [-0.39, 0.29) is 63.9 Å². The summed E-state index contributed by atoms with van der Waals surface area (Å²) in [6, 6.07) is 0. The zero-order chi connectivity index (χ0) is 25.2. The van der Waals surface area contributed by atoms with E-state index in [1.165, 1.54) is 135 Å². The summed E-state index contributed by atoms with van der Waals surface area (Å²) in [7, 11) is -4.57. The maximum absolute atomic E-state index is 10.8. The standard InChI is InChI=1S/C29H60O4S.K/c1-3-5-7-9-10-11-12-13-14-15-16-17-18-19-20-21-23-25-27-29(28-33-34(30,31)32)26-24-22-8-6-4-2;/h29H,3-28H2,1-2H3,(H,30,31,32);/q;+1/p-1. The van der Waals surface area contributed by atoms with Crippen molar-refractivity contribution < 1.29 is 68.5 Å². The maximum atomic E-state index is 10.8. The predicted molar refractivity (Wildman–Crippen MR) is 146 cm³/mol. The molecule has 4 nitrogen and oxygen atoms in total. The van der Waals surface area contributed by atoms with Gasteiger partial charge in [0, 0.05) is 0 Å². The van der Waals surface area contributed by atoms with Gasteiger partial charge in [0.25, 0.3) is 0 Å². The summed E-state index contributed by atoms with van der Waals surface area (Å²) in [6.07, 6.45) is 32.6. The van der Waals surface area contributed by atoms with Crippen LogP contribution in [0.2, 0.25) is 0 Å². The van der Waals surface area contributed by atoms with E-state index in [0.717, 1.165) is 25.7 Å². The summed E-state index contributed by atoms with van der Waals surface area (Å²) in [5, 5.41) is 0. The van der Waals surface area contributed by atoms with Crippen LogP contribution in [0.15, 0.2) is 0 Å². The molecule has 0 aliphatic heterocycles. The van der Waals surface area contributed by atoms with Gasteiger partial charge in [-0.1, -0.05) is 162 Å². The Morgan fingerprint density at radius 3 is 1.03 bits per heavy atom. The first-order chi connectivity index (χ1) is 16.5. The molecule has 0 aromatic heterocycles. The van der Waals surface area contributed by atoms with Crippen LogP contribution in [0.5, 0.6) is 0 Å². The molecule has 0 N–H and O–H groups in total. The molecule has 0 aliphatic rings. The Labute approximate surface area is 263 Å². The van der Waals surface area contributed by atoms with Gasteiger partial charge in [-0.15, -0.1) is 0 Å². The van der Waals surface area contributed by atoms with Gasteiger partial charge in [-0.05, 0) is 18.8 Å². The molecule has 0 amide bonds. The molecule has 0 rings (SSSR count). The molecule has 0 saturated carbocycles. The number of hydrogen-bond acceptors (Lipinski definition) is 4. The molecule has 6 heteroatoms. The zero-order valence-corrected chi connectivity index (χ0v) is 27.9. The molecule has 1 atom stereocenters. The predicted octanol–water partition coefficient (Wildman–Crippen LogP) is 6.88. The number of hydrogen-bond donors (Lipinski definition) is 0. The first kappa shape index (κ1) is 38.7. The minimum absolute atomic E-state index is 0. The van der Waals surface area contributed by atoms with Gasteiger partial charge in [-0.25, -0.2) is 8.42 Å². The van der Waals surface area contributed by atoms with Crippen molar-refractivity contribution in [3.8, 4) is 0 Å². The van der Waals surface area contributed by atoms with E-state index in [0.29, 0.717) is 0 Å². The molecule has 0 fully saturated rings. The van der Waals surface area contributed by atoms with Crippen molar-refractivity contribution in [1.29, 1.82) is 0 Å². The van der Waals surface area contributed by atoms with E-state index in [1.54, 1.807) is 0 Å². The van der Waals surface area contributed by atoms with Crippen LogP contribution < -0.4 is 51.4 Å². The Balaban J connectivity index is 0. The summed E-state index contributed by atoms with van der Waals surface area (Å²) < 4.78 is 37.0. The fraction of sp³-hybridized carbons (Fsp3) is 1.00. The summed E-state index contributed by atoms with van der Waals surface area (Å²) in [5.74, 6) is 0.200. The molecule has 206 valence electrons. The van der Waals surface area contributed by atoms with Gasteiger partial charge < -0.3 is 4.55 Å². The van der Waals surface area contributed by atoms with Gasteiger partial charge in [0.1, 0.15) is 0 Å². The molecule has 0 saturated heterocycles. The van der Waals surface area contributed by atoms with Crippen molar-refractivity contribution in [2.75, 3.05) is 6.61 Å². The smallest absolute Gasteiger partial charge is 0.726 e. The molecule has 1 unspecified atom stereocenters. The van der Waals surface area contributed by atoms with Gasteiger partial charge in [-0.2, -0.15) is 0 Å². The fourth-order valence-electron chi connectivity index (χ4n) is 4.86. The van der Waals surface area contributed by atoms with Gasteiger partial charge in [-0.3, -0.25) is 4.18 Å². The second-order valence-electron chi connectivity index (χ2n) is 10.6. The molecule has 0 heterocycles. The Morgan fingerprint density at radius 1 is 0.514 bits per heavy atom. The summed E-state index contributed by atoms with van der Waals surface area (Å²) in [6.45, 7) is 4.55. The Bertz CT molecular complexity index is 499. The second-order valence-corrected chi connectivity index (χ2v) is 11.6. The molecular weight excluding hydrogens is 483 g/mol. The van der Waals surface area contributed by atoms with Crippen LogP contribution >= 0.6 is 0 Å². The first-order valence-corrected chi connectivity index (χ1v) is 16.4. The third-order valence-electron chi connectivity index (χ3n) is 7.13. The molecule has 0 spiro atoms. The van der Waals surface area contributed by atoms with Crippen LogP contribution in [-0.4, -0.2) is 19.6 Å². The van der Waals surface area contributed by atoms with Crippen molar-refractivity contribution in [2.45, 2.75) is 174 Å². The minimum atomic E-state index is -4.57. The Kier molecular flexibility index (Phi) is 33.2. The molecular formula is C29H59KO4S. The zero-order valence-electron chi connectivity index (χ0n) is 24.0. The normalized spacial score (nSPS) is 12.5. The van der Waals surface area contributed by atoms with E-state index in [4.69, 9.17) is 0 Å². The molecule has 0 radical (unpaired) electrons. The second kappa shape index (κ2) is 30.1. The Morgan fingerprint density at radius 2 is 0.771 bits per heavy atom. The van der Waals surface area contributed by atoms with Crippen LogP contribution in [0.1, 0.15) is 174 Å². The van der Waals surface area contributed by atoms with Crippen LogP contribution in [0.25, 0.3) is 0 Å². The van der Waals surface area contributed by atoms with Crippen LogP contribution in [0, 0.1) is 5.92 Å². The van der Waals surface area contributed by atoms with E-state index in [2.05, 4.69) is 18.0 Å². The average molecular weight is 543 g/mol. The van der Waals surface area contributed by atoms with Crippen molar-refractivity contribution in [1.82, 2.24) is 0 Å². The quantitative estimate of drug-likeness (QED) is 0.0468. The topological polar surface area (TPSA) is 66.4 Å². The number of rotatable bonds is 28. The summed E-state index contributed by atoms with van der Waals surface area (Å²) >= 11 is 0. The molecule has 0 bridgehead atoms. The average Bonchev–Trinajstić information content (AvgIpc) is 2.80. The Hall–Kier alpha value is 1.51. The molecule has 0 aromatic carbocycles. The van der Waals surface area contributed by atoms with Gasteiger partial charge in [0.2, 0.25) is 10.4 Å². The van der Waals surface area contributed by atoms with Crippen molar-refractivity contribution >= 4 is 10.4 Å². The fourth-order valence-corrected chi connectivity index (χ4v) is 5.22.